The largest absolute Gasteiger partial charge is 0.469 e. The minimum Gasteiger partial charge on any atom is -0.403 e. The lowest BCUT2D eigenvalue weighted by Crippen LogP contribution is -2.50. The predicted octanol–water partition coefficient (Wildman–Crippen LogP) is 5.11. The summed E-state index contributed by atoms with van der Waals surface area (Å²) in [4.78, 5) is 0.822. The molecule has 0 atom stereocenters. The summed E-state index contributed by atoms with van der Waals surface area (Å²) in [6.45, 7) is 6.54. The first-order valence-corrected chi connectivity index (χ1v) is 8.50. The maximum atomic E-state index is 12.4. The Morgan fingerprint density at radius 3 is 2.17 bits per heavy atom. The average molecular weight is 364 g/mol. The van der Waals surface area contributed by atoms with Crippen molar-refractivity contribution >= 4 is 19.2 Å². The van der Waals surface area contributed by atoms with Gasteiger partial charge in [-0.2, -0.15) is 13.2 Å². The van der Waals surface area contributed by atoms with E-state index in [9.17, 15) is 18.3 Å². The first kappa shape index (κ1) is 21.3. The Labute approximate surface area is 146 Å². The number of hydrogen-bond donors (Lipinski definition) is 1. The number of benzene rings is 1. The summed E-state index contributed by atoms with van der Waals surface area (Å²) < 4.78 is 48.4. The maximum Gasteiger partial charge on any atom is 0.469 e. The van der Waals surface area contributed by atoms with E-state index in [-0.39, 0.29) is 12.7 Å². The SMILES string of the molecule is CC(C)(O)C(C)(C)OB(CCCC(F)(F)F)OSc1ccccc1. The van der Waals surface area contributed by atoms with Crippen LogP contribution in [-0.4, -0.2) is 29.6 Å². The van der Waals surface area contributed by atoms with E-state index in [0.717, 1.165) is 16.9 Å². The fraction of sp³-hybridized carbons (Fsp3) is 0.625. The molecule has 0 fully saturated rings. The van der Waals surface area contributed by atoms with Crippen molar-refractivity contribution < 1.29 is 27.0 Å². The van der Waals surface area contributed by atoms with Crippen LogP contribution < -0.4 is 0 Å². The smallest absolute Gasteiger partial charge is 0.403 e. The van der Waals surface area contributed by atoms with Crippen molar-refractivity contribution in [1.82, 2.24) is 0 Å². The van der Waals surface area contributed by atoms with Gasteiger partial charge in [0.2, 0.25) is 0 Å². The molecule has 0 aliphatic heterocycles. The van der Waals surface area contributed by atoms with Crippen molar-refractivity contribution in [2.24, 2.45) is 0 Å². The van der Waals surface area contributed by atoms with E-state index < -0.39 is 30.9 Å². The number of hydrogen-bond acceptors (Lipinski definition) is 4. The second-order valence-electron chi connectivity index (χ2n) is 6.62. The molecule has 1 aromatic carbocycles. The van der Waals surface area contributed by atoms with Crippen LogP contribution in [0.15, 0.2) is 35.2 Å². The van der Waals surface area contributed by atoms with Gasteiger partial charge in [-0.1, -0.05) is 18.2 Å². The van der Waals surface area contributed by atoms with E-state index in [1.807, 2.05) is 30.3 Å². The summed E-state index contributed by atoms with van der Waals surface area (Å²) in [5.74, 6) is 0. The van der Waals surface area contributed by atoms with E-state index in [0.29, 0.717) is 0 Å². The van der Waals surface area contributed by atoms with Gasteiger partial charge in [0, 0.05) is 23.4 Å². The summed E-state index contributed by atoms with van der Waals surface area (Å²) in [7, 11) is -0.862. The lowest BCUT2D eigenvalue weighted by Gasteiger charge is -2.39. The third kappa shape index (κ3) is 7.92. The van der Waals surface area contributed by atoms with Crippen LogP contribution in [0.5, 0.6) is 0 Å². The van der Waals surface area contributed by atoms with Crippen LogP contribution in [-0.2, 0) is 8.75 Å². The Hall–Kier alpha value is -0.695. The summed E-state index contributed by atoms with van der Waals surface area (Å²) in [6, 6.07) is 9.20. The first-order chi connectivity index (χ1) is 10.9. The van der Waals surface area contributed by atoms with E-state index in [1.54, 1.807) is 27.7 Å². The molecule has 1 rings (SSSR count). The van der Waals surface area contributed by atoms with Crippen molar-refractivity contribution in [2.45, 2.75) is 69.1 Å². The zero-order chi connectivity index (χ0) is 18.4. The van der Waals surface area contributed by atoms with Crippen LogP contribution in [0.2, 0.25) is 6.32 Å². The van der Waals surface area contributed by atoms with Crippen LogP contribution in [0, 0.1) is 0 Å². The minimum atomic E-state index is -4.21. The molecule has 3 nitrogen and oxygen atoms in total. The molecule has 1 N–H and O–H groups in total. The fourth-order valence-corrected chi connectivity index (χ4v) is 2.28. The maximum absolute atomic E-state index is 12.4. The molecule has 0 saturated carbocycles. The van der Waals surface area contributed by atoms with Crippen molar-refractivity contribution in [3.8, 4) is 0 Å². The molecule has 1 aromatic rings. The average Bonchev–Trinajstić information content (AvgIpc) is 2.43. The van der Waals surface area contributed by atoms with Crippen molar-refractivity contribution in [1.29, 1.82) is 0 Å². The van der Waals surface area contributed by atoms with E-state index in [2.05, 4.69) is 0 Å². The van der Waals surface area contributed by atoms with E-state index in [1.165, 1.54) is 0 Å². The Morgan fingerprint density at radius 2 is 1.67 bits per heavy atom. The van der Waals surface area contributed by atoms with Gasteiger partial charge in [0.05, 0.1) is 11.2 Å². The van der Waals surface area contributed by atoms with Crippen LogP contribution in [0.3, 0.4) is 0 Å². The highest BCUT2D eigenvalue weighted by Gasteiger charge is 2.40. The second kappa shape index (κ2) is 8.60. The van der Waals surface area contributed by atoms with Crippen LogP contribution >= 0.6 is 12.0 Å². The molecule has 0 heterocycles. The van der Waals surface area contributed by atoms with E-state index in [4.69, 9.17) is 8.75 Å². The van der Waals surface area contributed by atoms with Gasteiger partial charge in [0.1, 0.15) is 0 Å². The third-order valence-electron chi connectivity index (χ3n) is 3.79. The molecule has 0 bridgehead atoms. The molecule has 0 unspecified atom stereocenters. The molecule has 0 spiro atoms. The number of alkyl halides is 3. The van der Waals surface area contributed by atoms with E-state index >= 15 is 0 Å². The molecular formula is C16H24BF3O3S. The first-order valence-electron chi connectivity index (χ1n) is 7.76. The van der Waals surface area contributed by atoms with Gasteiger partial charge in [-0.3, -0.25) is 0 Å². The fourth-order valence-electron chi connectivity index (χ4n) is 1.65. The van der Waals surface area contributed by atoms with Crippen molar-refractivity contribution in [2.75, 3.05) is 0 Å². The molecule has 24 heavy (non-hydrogen) atoms. The number of halogens is 3. The van der Waals surface area contributed by atoms with Gasteiger partial charge in [-0.25, -0.2) is 0 Å². The van der Waals surface area contributed by atoms with Crippen molar-refractivity contribution in [3.05, 3.63) is 30.3 Å². The molecule has 0 radical (unpaired) electrons. The molecular weight excluding hydrogens is 340 g/mol. The monoisotopic (exact) mass is 364 g/mol. The summed E-state index contributed by atoms with van der Waals surface area (Å²) >= 11 is 1.05. The summed E-state index contributed by atoms with van der Waals surface area (Å²) in [5, 5.41) is 10.2. The number of rotatable bonds is 9. The molecule has 0 aromatic heterocycles. The second-order valence-corrected chi connectivity index (χ2v) is 7.45. The van der Waals surface area contributed by atoms with Gasteiger partial charge >= 0.3 is 13.3 Å². The highest BCUT2D eigenvalue weighted by atomic mass is 32.2. The van der Waals surface area contributed by atoms with Crippen LogP contribution in [0.25, 0.3) is 0 Å². The molecule has 0 saturated heterocycles. The van der Waals surface area contributed by atoms with Gasteiger partial charge in [0.25, 0.3) is 0 Å². The van der Waals surface area contributed by atoms with Crippen molar-refractivity contribution in [3.63, 3.8) is 0 Å². The van der Waals surface area contributed by atoms with Crippen LogP contribution in [0.1, 0.15) is 40.5 Å². The molecule has 0 aliphatic carbocycles. The number of aliphatic hydroxyl groups is 1. The lowest BCUT2D eigenvalue weighted by molar-refractivity contribution is -0.135. The standard InChI is InChI=1S/C16H24BF3O3S/c1-14(2,21)15(3,4)22-17(12-8-11-16(18,19)20)23-24-13-9-6-5-7-10-13/h5-7,9-10,21H,8,11-12H2,1-4H3. The Balaban J connectivity index is 2.68. The Bertz CT molecular complexity index is 490. The third-order valence-corrected chi connectivity index (χ3v) is 4.57. The summed E-state index contributed by atoms with van der Waals surface area (Å²) in [6.07, 6.45) is -5.12. The lowest BCUT2D eigenvalue weighted by atomic mass is 9.79. The Morgan fingerprint density at radius 1 is 1.08 bits per heavy atom. The molecule has 0 amide bonds. The normalized spacial score (nSPS) is 13.2. The van der Waals surface area contributed by atoms with Crippen LogP contribution in [0.4, 0.5) is 13.2 Å². The molecule has 136 valence electrons. The van der Waals surface area contributed by atoms with Gasteiger partial charge in [0.15, 0.2) is 0 Å². The predicted molar refractivity (Wildman–Crippen MR) is 90.7 cm³/mol. The highest BCUT2D eigenvalue weighted by molar-refractivity contribution is 7.95. The van der Waals surface area contributed by atoms with Gasteiger partial charge < -0.3 is 13.9 Å². The Kier molecular flexibility index (Phi) is 7.65. The van der Waals surface area contributed by atoms with Gasteiger partial charge in [-0.15, -0.1) is 0 Å². The van der Waals surface area contributed by atoms with Gasteiger partial charge in [-0.05, 0) is 52.6 Å². The topological polar surface area (TPSA) is 38.7 Å². The highest BCUT2D eigenvalue weighted by Crippen LogP contribution is 2.31. The quantitative estimate of drug-likeness (QED) is 0.488. The molecule has 0 aliphatic rings. The zero-order valence-corrected chi connectivity index (χ0v) is 15.2. The molecule has 8 heteroatoms. The summed E-state index contributed by atoms with van der Waals surface area (Å²) in [5.41, 5.74) is -2.15. The zero-order valence-electron chi connectivity index (χ0n) is 14.4. The minimum absolute atomic E-state index is 0.0822.